The Kier molecular flexibility index (Phi) is 5.35. The summed E-state index contributed by atoms with van der Waals surface area (Å²) in [4.78, 5) is 27.1. The van der Waals surface area contributed by atoms with Crippen molar-refractivity contribution < 1.29 is 9.59 Å². The van der Waals surface area contributed by atoms with Gasteiger partial charge in [0, 0.05) is 23.8 Å². The molecule has 1 aliphatic heterocycles. The van der Waals surface area contributed by atoms with Gasteiger partial charge in [0.15, 0.2) is 0 Å². The number of nitrogens with zero attached hydrogens (tertiary/aromatic N) is 1. The molecule has 1 aromatic carbocycles. The minimum Gasteiger partial charge on any atom is -0.342 e. The number of carbonyl (C=O) groups excluding carboxylic acids is 2. The number of aryl methyl sites for hydroxylation is 1. The second-order valence-corrected chi connectivity index (χ2v) is 7.43. The summed E-state index contributed by atoms with van der Waals surface area (Å²) in [6.07, 6.45) is 1.99. The summed E-state index contributed by atoms with van der Waals surface area (Å²) >= 11 is 6.08. The Labute approximate surface area is 143 Å². The molecular weight excluding hydrogens is 312 g/mol. The lowest BCUT2D eigenvalue weighted by Gasteiger charge is -2.35. The fraction of sp³-hybridized carbons (Fsp3) is 0.556. The molecule has 0 bridgehead atoms. The fourth-order valence-corrected chi connectivity index (χ4v) is 2.84. The Morgan fingerprint density at radius 2 is 1.87 bits per heavy atom. The molecule has 1 saturated heterocycles. The molecule has 0 radical (unpaired) electrons. The summed E-state index contributed by atoms with van der Waals surface area (Å²) in [5.41, 5.74) is 0.457. The van der Waals surface area contributed by atoms with Crippen molar-refractivity contribution in [2.24, 2.45) is 11.3 Å². The van der Waals surface area contributed by atoms with Gasteiger partial charge in [-0.25, -0.2) is 0 Å². The van der Waals surface area contributed by atoms with Gasteiger partial charge in [0.1, 0.15) is 5.41 Å². The van der Waals surface area contributed by atoms with Crippen LogP contribution >= 0.6 is 11.6 Å². The van der Waals surface area contributed by atoms with Crippen LogP contribution in [0.25, 0.3) is 0 Å². The molecule has 2 rings (SSSR count). The molecule has 4 nitrogen and oxygen atoms in total. The van der Waals surface area contributed by atoms with E-state index in [1.807, 2.05) is 17.9 Å². The molecule has 1 fully saturated rings. The van der Waals surface area contributed by atoms with Gasteiger partial charge in [0.05, 0.1) is 0 Å². The number of benzene rings is 1. The van der Waals surface area contributed by atoms with Crippen LogP contribution in [0.5, 0.6) is 0 Å². The number of likely N-dealkylation sites (tertiary alicyclic amines) is 1. The number of rotatable bonds is 3. The smallest absolute Gasteiger partial charge is 0.239 e. The Morgan fingerprint density at radius 3 is 2.43 bits per heavy atom. The Hall–Kier alpha value is -1.55. The van der Waals surface area contributed by atoms with Crippen LogP contribution in [0.2, 0.25) is 5.02 Å². The first kappa shape index (κ1) is 17.8. The zero-order valence-corrected chi connectivity index (χ0v) is 15.0. The first-order valence-electron chi connectivity index (χ1n) is 8.09. The molecule has 0 saturated carbocycles. The van der Waals surface area contributed by atoms with E-state index in [1.54, 1.807) is 26.0 Å². The molecule has 5 heteroatoms. The first-order chi connectivity index (χ1) is 10.7. The van der Waals surface area contributed by atoms with Gasteiger partial charge in [0.2, 0.25) is 11.8 Å². The lowest BCUT2D eigenvalue weighted by molar-refractivity contribution is -0.147. The highest BCUT2D eigenvalue weighted by Crippen LogP contribution is 2.27. The molecule has 0 atom stereocenters. The van der Waals surface area contributed by atoms with Crippen LogP contribution in [0.1, 0.15) is 39.2 Å². The van der Waals surface area contributed by atoms with E-state index in [0.29, 0.717) is 16.6 Å². The summed E-state index contributed by atoms with van der Waals surface area (Å²) in [6.45, 7) is 8.91. The lowest BCUT2D eigenvalue weighted by Crippen LogP contribution is -2.49. The van der Waals surface area contributed by atoms with Gasteiger partial charge >= 0.3 is 0 Å². The second-order valence-electron chi connectivity index (χ2n) is 7.02. The van der Waals surface area contributed by atoms with E-state index in [2.05, 4.69) is 12.2 Å². The van der Waals surface area contributed by atoms with Crippen LogP contribution in [-0.2, 0) is 9.59 Å². The van der Waals surface area contributed by atoms with Gasteiger partial charge in [-0.05, 0) is 57.2 Å². The van der Waals surface area contributed by atoms with Crippen molar-refractivity contribution in [2.45, 2.75) is 40.5 Å². The topological polar surface area (TPSA) is 49.4 Å². The normalized spacial score (nSPS) is 16.3. The van der Waals surface area contributed by atoms with Crippen LogP contribution in [0.4, 0.5) is 5.69 Å². The Bertz CT molecular complexity index is 605. The van der Waals surface area contributed by atoms with Gasteiger partial charge in [0.25, 0.3) is 0 Å². The van der Waals surface area contributed by atoms with Crippen molar-refractivity contribution in [3.05, 3.63) is 28.8 Å². The number of halogens is 1. The van der Waals surface area contributed by atoms with E-state index in [0.717, 1.165) is 31.5 Å². The van der Waals surface area contributed by atoms with E-state index in [1.165, 1.54) is 0 Å². The average molecular weight is 337 g/mol. The monoisotopic (exact) mass is 336 g/mol. The summed E-state index contributed by atoms with van der Waals surface area (Å²) < 4.78 is 0. The van der Waals surface area contributed by atoms with Gasteiger partial charge < -0.3 is 10.2 Å². The predicted octanol–water partition coefficient (Wildman–Crippen LogP) is 3.87. The van der Waals surface area contributed by atoms with Gasteiger partial charge in [-0.3, -0.25) is 9.59 Å². The second kappa shape index (κ2) is 6.91. The van der Waals surface area contributed by atoms with E-state index in [-0.39, 0.29) is 11.8 Å². The van der Waals surface area contributed by atoms with Crippen molar-refractivity contribution in [3.63, 3.8) is 0 Å². The summed E-state index contributed by atoms with van der Waals surface area (Å²) in [5, 5.41) is 3.40. The number of amides is 2. The SMILES string of the molecule is Cc1ccc(NC(=O)C(C)(C)C(=O)N2CCC(C)CC2)cc1Cl. The zero-order chi connectivity index (χ0) is 17.2. The van der Waals surface area contributed by atoms with Crippen LogP contribution in [-0.4, -0.2) is 29.8 Å². The van der Waals surface area contributed by atoms with E-state index in [4.69, 9.17) is 11.6 Å². The first-order valence-corrected chi connectivity index (χ1v) is 8.46. The maximum Gasteiger partial charge on any atom is 0.239 e. The number of hydrogen-bond acceptors (Lipinski definition) is 2. The van der Waals surface area contributed by atoms with E-state index < -0.39 is 5.41 Å². The van der Waals surface area contributed by atoms with Crippen LogP contribution in [0.3, 0.4) is 0 Å². The van der Waals surface area contributed by atoms with Crippen molar-refractivity contribution >= 4 is 29.1 Å². The molecular formula is C18H25ClN2O2. The minimum absolute atomic E-state index is 0.111. The van der Waals surface area contributed by atoms with E-state index >= 15 is 0 Å². The van der Waals surface area contributed by atoms with Crippen LogP contribution in [0.15, 0.2) is 18.2 Å². The molecule has 1 aliphatic rings. The number of carbonyl (C=O) groups is 2. The summed E-state index contributed by atoms with van der Waals surface area (Å²) in [7, 11) is 0. The standard InChI is InChI=1S/C18H25ClN2O2/c1-12-7-9-21(10-8-12)17(23)18(3,4)16(22)20-14-6-5-13(2)15(19)11-14/h5-6,11-12H,7-10H2,1-4H3,(H,20,22). The molecule has 2 amide bonds. The van der Waals surface area contributed by atoms with Crippen molar-refractivity contribution in [1.82, 2.24) is 4.90 Å². The van der Waals surface area contributed by atoms with Crippen LogP contribution < -0.4 is 5.32 Å². The fourth-order valence-electron chi connectivity index (χ4n) is 2.66. The predicted molar refractivity (Wildman–Crippen MR) is 93.6 cm³/mol. The molecule has 23 heavy (non-hydrogen) atoms. The third-order valence-electron chi connectivity index (χ3n) is 4.60. The number of hydrogen-bond donors (Lipinski definition) is 1. The highest BCUT2D eigenvalue weighted by Gasteiger charge is 2.40. The quantitative estimate of drug-likeness (QED) is 0.852. The highest BCUT2D eigenvalue weighted by atomic mass is 35.5. The van der Waals surface area contributed by atoms with Crippen LogP contribution in [0, 0.1) is 18.3 Å². The molecule has 0 spiro atoms. The average Bonchev–Trinajstić information content (AvgIpc) is 2.51. The molecule has 126 valence electrons. The molecule has 0 unspecified atom stereocenters. The molecule has 0 aliphatic carbocycles. The zero-order valence-electron chi connectivity index (χ0n) is 14.3. The van der Waals surface area contributed by atoms with Gasteiger partial charge in [-0.1, -0.05) is 24.6 Å². The maximum atomic E-state index is 12.7. The lowest BCUT2D eigenvalue weighted by atomic mass is 9.88. The molecule has 1 aromatic rings. The van der Waals surface area contributed by atoms with Crippen molar-refractivity contribution in [2.75, 3.05) is 18.4 Å². The molecule has 1 heterocycles. The van der Waals surface area contributed by atoms with E-state index in [9.17, 15) is 9.59 Å². The Morgan fingerprint density at radius 1 is 1.26 bits per heavy atom. The number of piperidine rings is 1. The molecule has 1 N–H and O–H groups in total. The van der Waals surface area contributed by atoms with Crippen molar-refractivity contribution in [1.29, 1.82) is 0 Å². The summed E-state index contributed by atoms with van der Waals surface area (Å²) in [5.74, 6) is 0.229. The van der Waals surface area contributed by atoms with Crippen molar-refractivity contribution in [3.8, 4) is 0 Å². The minimum atomic E-state index is -1.10. The number of anilines is 1. The van der Waals surface area contributed by atoms with Gasteiger partial charge in [-0.2, -0.15) is 0 Å². The molecule has 0 aromatic heterocycles. The third-order valence-corrected chi connectivity index (χ3v) is 5.01. The van der Waals surface area contributed by atoms with Gasteiger partial charge in [-0.15, -0.1) is 0 Å². The maximum absolute atomic E-state index is 12.7. The largest absolute Gasteiger partial charge is 0.342 e. The highest BCUT2D eigenvalue weighted by molar-refractivity contribution is 6.31. The Balaban J connectivity index is 2.06. The third kappa shape index (κ3) is 4.05. The number of nitrogens with one attached hydrogen (secondary N) is 1. The summed E-state index contributed by atoms with van der Waals surface area (Å²) in [6, 6.07) is 5.35.